The van der Waals surface area contributed by atoms with Crippen molar-refractivity contribution in [3.8, 4) is 0 Å². The SMILES string of the molecule is Cc1[nH]c(/C=C2\C(=O)Nc3ccc(S(=O)(=O)Cc4c(Cl)cccc4Cl)cc32)c(C)c1C(=O)NCC(O)Cn1ccnn1. The minimum Gasteiger partial charge on any atom is -0.389 e. The molecule has 1 unspecified atom stereocenters. The third kappa shape index (κ3) is 5.97. The minimum atomic E-state index is -3.87. The Balaban J connectivity index is 1.39. The molecule has 218 valence electrons. The first kappa shape index (κ1) is 29.5. The van der Waals surface area contributed by atoms with Gasteiger partial charge < -0.3 is 20.7 Å². The van der Waals surface area contributed by atoms with Crippen molar-refractivity contribution in [2.45, 2.75) is 37.1 Å². The summed E-state index contributed by atoms with van der Waals surface area (Å²) < 4.78 is 28.1. The molecule has 4 N–H and O–H groups in total. The van der Waals surface area contributed by atoms with E-state index in [0.717, 1.165) is 0 Å². The van der Waals surface area contributed by atoms with Gasteiger partial charge in [-0.15, -0.1) is 5.10 Å². The Kier molecular flexibility index (Phi) is 8.24. The Morgan fingerprint density at radius 3 is 2.62 bits per heavy atom. The lowest BCUT2D eigenvalue weighted by Gasteiger charge is -2.12. The summed E-state index contributed by atoms with van der Waals surface area (Å²) in [5, 5.41) is 23.7. The van der Waals surface area contributed by atoms with Crippen molar-refractivity contribution in [1.29, 1.82) is 0 Å². The van der Waals surface area contributed by atoms with Gasteiger partial charge in [0.15, 0.2) is 9.84 Å². The lowest BCUT2D eigenvalue weighted by Crippen LogP contribution is -2.35. The highest BCUT2D eigenvalue weighted by molar-refractivity contribution is 7.90. The molecule has 0 radical (unpaired) electrons. The molecule has 4 aromatic rings. The Labute approximate surface area is 251 Å². The number of nitrogens with zero attached hydrogens (tertiary/aromatic N) is 3. The van der Waals surface area contributed by atoms with Crippen LogP contribution in [0.4, 0.5) is 5.69 Å². The molecule has 14 heteroatoms. The largest absolute Gasteiger partial charge is 0.389 e. The van der Waals surface area contributed by atoms with E-state index >= 15 is 0 Å². The van der Waals surface area contributed by atoms with E-state index in [1.54, 1.807) is 44.3 Å². The van der Waals surface area contributed by atoms with Crippen LogP contribution in [-0.4, -0.2) is 58.0 Å². The summed E-state index contributed by atoms with van der Waals surface area (Å²) in [5.41, 5.74) is 3.42. The molecule has 0 fully saturated rings. The number of anilines is 1. The standard InChI is InChI=1S/C28H26Cl2N6O5S/c1-15-25(33-16(2)26(15)28(39)31-12-17(37)13-36-9-8-32-35-36)11-20-19-10-18(6-7-24(19)34-27(20)38)42(40,41)14-21-22(29)4-3-5-23(21)30/h3-11,17,33,37H,12-14H2,1-2H3,(H,31,39)(H,34,38)/b20-11-. The number of hydrogen-bond acceptors (Lipinski definition) is 7. The third-order valence-electron chi connectivity index (χ3n) is 6.89. The van der Waals surface area contributed by atoms with Gasteiger partial charge >= 0.3 is 0 Å². The quantitative estimate of drug-likeness (QED) is 0.205. The van der Waals surface area contributed by atoms with Gasteiger partial charge in [0, 0.05) is 51.0 Å². The number of aryl methyl sites for hydroxylation is 1. The van der Waals surface area contributed by atoms with E-state index in [4.69, 9.17) is 23.2 Å². The number of carbonyl (C=O) groups excluding carboxylic acids is 2. The van der Waals surface area contributed by atoms with E-state index in [2.05, 4.69) is 25.9 Å². The fourth-order valence-corrected chi connectivity index (χ4v) is 6.88. The molecular formula is C28H26Cl2N6O5S. The predicted molar refractivity (Wildman–Crippen MR) is 159 cm³/mol. The number of carbonyl (C=O) groups is 2. The van der Waals surface area contributed by atoms with E-state index in [1.807, 2.05) is 0 Å². The molecule has 1 atom stereocenters. The summed E-state index contributed by atoms with van der Waals surface area (Å²) in [6.07, 6.45) is 3.80. The van der Waals surface area contributed by atoms with E-state index in [1.165, 1.54) is 29.1 Å². The van der Waals surface area contributed by atoms with Crippen molar-refractivity contribution in [1.82, 2.24) is 25.3 Å². The van der Waals surface area contributed by atoms with E-state index in [0.29, 0.717) is 39.3 Å². The second-order valence-corrected chi connectivity index (χ2v) is 12.6. The highest BCUT2D eigenvalue weighted by Gasteiger charge is 2.29. The van der Waals surface area contributed by atoms with Crippen molar-refractivity contribution >= 4 is 62.2 Å². The van der Waals surface area contributed by atoms with Crippen LogP contribution in [0.5, 0.6) is 0 Å². The molecular weight excluding hydrogens is 603 g/mol. The van der Waals surface area contributed by atoms with Crippen molar-refractivity contribution in [2.24, 2.45) is 0 Å². The predicted octanol–water partition coefficient (Wildman–Crippen LogP) is 3.79. The topological polar surface area (TPSA) is 159 Å². The summed E-state index contributed by atoms with van der Waals surface area (Å²) in [7, 11) is -3.87. The first-order valence-corrected chi connectivity index (χ1v) is 15.2. The van der Waals surface area contributed by atoms with Gasteiger partial charge in [-0.25, -0.2) is 13.1 Å². The van der Waals surface area contributed by atoms with Crippen LogP contribution >= 0.6 is 23.2 Å². The highest BCUT2D eigenvalue weighted by Crippen LogP contribution is 2.37. The maximum Gasteiger partial charge on any atom is 0.256 e. The smallest absolute Gasteiger partial charge is 0.256 e. The van der Waals surface area contributed by atoms with Crippen LogP contribution < -0.4 is 10.6 Å². The number of H-pyrrole nitrogens is 1. The maximum atomic E-state index is 13.3. The molecule has 5 rings (SSSR count). The molecule has 1 aliphatic rings. The van der Waals surface area contributed by atoms with Crippen LogP contribution in [0.2, 0.25) is 10.0 Å². The molecule has 3 heterocycles. The fourth-order valence-electron chi connectivity index (χ4n) is 4.76. The Morgan fingerprint density at radius 2 is 1.93 bits per heavy atom. The molecule has 2 amide bonds. The second kappa shape index (κ2) is 11.7. The molecule has 42 heavy (non-hydrogen) atoms. The lowest BCUT2D eigenvalue weighted by molar-refractivity contribution is -0.110. The summed E-state index contributed by atoms with van der Waals surface area (Å²) in [5.74, 6) is -1.22. The lowest BCUT2D eigenvalue weighted by atomic mass is 10.0. The van der Waals surface area contributed by atoms with Gasteiger partial charge in [-0.3, -0.25) is 9.59 Å². The van der Waals surface area contributed by atoms with Gasteiger partial charge in [-0.05, 0) is 55.8 Å². The van der Waals surface area contributed by atoms with Crippen LogP contribution in [-0.2, 0) is 26.9 Å². The number of amides is 2. The molecule has 0 aliphatic carbocycles. The van der Waals surface area contributed by atoms with Crippen molar-refractivity contribution in [2.75, 3.05) is 11.9 Å². The number of aliphatic hydroxyl groups excluding tert-OH is 1. The summed E-state index contributed by atoms with van der Waals surface area (Å²) in [6, 6.07) is 9.17. The van der Waals surface area contributed by atoms with Gasteiger partial charge in [0.2, 0.25) is 0 Å². The van der Waals surface area contributed by atoms with E-state index in [-0.39, 0.29) is 33.6 Å². The first-order chi connectivity index (χ1) is 19.9. The number of aromatic nitrogens is 4. The van der Waals surface area contributed by atoms with Crippen molar-refractivity contribution < 1.29 is 23.1 Å². The highest BCUT2D eigenvalue weighted by atomic mass is 35.5. The monoisotopic (exact) mass is 628 g/mol. The summed E-state index contributed by atoms with van der Waals surface area (Å²) >= 11 is 12.4. The Hall–Kier alpha value is -3.97. The van der Waals surface area contributed by atoms with Gasteiger partial charge in [-0.1, -0.05) is 34.5 Å². The average molecular weight is 630 g/mol. The zero-order chi connectivity index (χ0) is 30.2. The van der Waals surface area contributed by atoms with Crippen LogP contribution in [0.15, 0.2) is 53.7 Å². The Morgan fingerprint density at radius 1 is 1.19 bits per heavy atom. The number of halogens is 2. The number of hydrogen-bond donors (Lipinski definition) is 4. The molecule has 0 bridgehead atoms. The third-order valence-corrected chi connectivity index (χ3v) is 9.24. The molecule has 0 saturated carbocycles. The van der Waals surface area contributed by atoms with Crippen molar-refractivity contribution in [3.63, 3.8) is 0 Å². The molecule has 2 aromatic carbocycles. The maximum absolute atomic E-state index is 13.3. The van der Waals surface area contributed by atoms with Gasteiger partial charge in [0.25, 0.3) is 11.8 Å². The van der Waals surface area contributed by atoms with Crippen LogP contribution in [0.25, 0.3) is 11.6 Å². The summed E-state index contributed by atoms with van der Waals surface area (Å²) in [6.45, 7) is 3.62. The summed E-state index contributed by atoms with van der Waals surface area (Å²) in [4.78, 5) is 29.1. The first-order valence-electron chi connectivity index (χ1n) is 12.8. The number of nitrogens with one attached hydrogen (secondary N) is 3. The molecule has 2 aromatic heterocycles. The van der Waals surface area contributed by atoms with Crippen LogP contribution in [0.3, 0.4) is 0 Å². The molecule has 11 nitrogen and oxygen atoms in total. The molecule has 0 saturated heterocycles. The molecule has 1 aliphatic heterocycles. The van der Waals surface area contributed by atoms with Gasteiger partial charge in [0.05, 0.1) is 40.6 Å². The Bertz CT molecular complexity index is 1810. The number of benzene rings is 2. The van der Waals surface area contributed by atoms with Crippen LogP contribution in [0, 0.1) is 13.8 Å². The van der Waals surface area contributed by atoms with E-state index < -0.39 is 33.5 Å². The number of rotatable bonds is 9. The number of aliphatic hydroxyl groups is 1. The zero-order valence-electron chi connectivity index (χ0n) is 22.5. The number of fused-ring (bicyclic) bond motifs is 1. The average Bonchev–Trinajstić information content (AvgIpc) is 3.63. The van der Waals surface area contributed by atoms with Crippen molar-refractivity contribution in [3.05, 3.63) is 92.5 Å². The van der Waals surface area contributed by atoms with Gasteiger partial charge in [-0.2, -0.15) is 0 Å². The molecule has 0 spiro atoms. The second-order valence-electron chi connectivity index (χ2n) is 9.83. The van der Waals surface area contributed by atoms with Crippen LogP contribution in [0.1, 0.15) is 38.4 Å². The fraction of sp³-hybridized carbons (Fsp3) is 0.214. The van der Waals surface area contributed by atoms with Gasteiger partial charge in [0.1, 0.15) is 0 Å². The van der Waals surface area contributed by atoms with E-state index in [9.17, 15) is 23.1 Å². The minimum absolute atomic E-state index is 0.00328. The number of sulfone groups is 1. The zero-order valence-corrected chi connectivity index (χ0v) is 24.8. The normalized spacial score (nSPS) is 14.6. The number of aromatic amines is 1.